The molecule has 0 atom stereocenters. The molecule has 1 aliphatic rings. The van der Waals surface area contributed by atoms with Crippen LogP contribution in [-0.4, -0.2) is 53.0 Å². The highest BCUT2D eigenvalue weighted by molar-refractivity contribution is 7.99. The van der Waals surface area contributed by atoms with Crippen LogP contribution < -0.4 is 5.32 Å². The molecule has 1 saturated heterocycles. The van der Waals surface area contributed by atoms with Crippen LogP contribution in [-0.2, 0) is 21.8 Å². The van der Waals surface area contributed by atoms with E-state index < -0.39 is 0 Å². The number of anilines is 1. The van der Waals surface area contributed by atoms with Crippen LogP contribution in [0.2, 0.25) is 0 Å². The van der Waals surface area contributed by atoms with Crippen molar-refractivity contribution in [1.82, 2.24) is 15.0 Å². The molecule has 0 radical (unpaired) electrons. The number of benzene rings is 1. The largest absolute Gasteiger partial charge is 0.379 e. The van der Waals surface area contributed by atoms with Gasteiger partial charge in [0.2, 0.25) is 11.8 Å². The molecule has 1 amide bonds. The number of nitrogens with zero attached hydrogens (tertiary/aromatic N) is 3. The van der Waals surface area contributed by atoms with Crippen molar-refractivity contribution in [2.45, 2.75) is 19.2 Å². The third kappa shape index (κ3) is 5.55. The molecule has 7 nitrogen and oxygen atoms in total. The number of morpholine rings is 1. The molecule has 1 fully saturated rings. The summed E-state index contributed by atoms with van der Waals surface area (Å²) < 4.78 is 10.3. The summed E-state index contributed by atoms with van der Waals surface area (Å²) in [7, 11) is 0. The van der Waals surface area contributed by atoms with Crippen molar-refractivity contribution in [2.75, 3.05) is 37.4 Å². The highest BCUT2D eigenvalue weighted by Crippen LogP contribution is 2.19. The van der Waals surface area contributed by atoms with Crippen LogP contribution in [0.1, 0.15) is 17.3 Å². The first-order valence-corrected chi connectivity index (χ1v) is 9.41. The molecule has 0 bridgehead atoms. The van der Waals surface area contributed by atoms with Gasteiger partial charge in [0, 0.05) is 32.2 Å². The van der Waals surface area contributed by atoms with E-state index in [1.54, 1.807) is 6.92 Å². The Labute approximate surface area is 151 Å². The molecule has 2 heterocycles. The van der Waals surface area contributed by atoms with Crippen LogP contribution in [0.3, 0.4) is 0 Å². The molecule has 134 valence electrons. The molecule has 1 aromatic carbocycles. The van der Waals surface area contributed by atoms with E-state index >= 15 is 0 Å². The van der Waals surface area contributed by atoms with Gasteiger partial charge in [0.15, 0.2) is 5.82 Å². The SMILES string of the molecule is Cc1nc(CSCC(=O)Nc2ccccc2CN2CCOCC2)no1. The Bertz CT molecular complexity index is 701. The minimum atomic E-state index is -0.0281. The average Bonchev–Trinajstić information content (AvgIpc) is 3.03. The number of para-hydroxylation sites is 1. The predicted molar refractivity (Wildman–Crippen MR) is 96.4 cm³/mol. The van der Waals surface area contributed by atoms with Crippen LogP contribution in [0.15, 0.2) is 28.8 Å². The second-order valence-corrected chi connectivity index (χ2v) is 6.80. The molecule has 2 aromatic rings. The van der Waals surface area contributed by atoms with Crippen LogP contribution in [0, 0.1) is 6.92 Å². The maximum atomic E-state index is 12.2. The summed E-state index contributed by atoms with van der Waals surface area (Å²) in [6.07, 6.45) is 0. The van der Waals surface area contributed by atoms with E-state index in [9.17, 15) is 4.79 Å². The molecule has 25 heavy (non-hydrogen) atoms. The van der Waals surface area contributed by atoms with Gasteiger partial charge in [0.1, 0.15) is 0 Å². The quantitative estimate of drug-likeness (QED) is 0.808. The molecule has 3 rings (SSSR count). The zero-order chi connectivity index (χ0) is 17.5. The summed E-state index contributed by atoms with van der Waals surface area (Å²) in [6, 6.07) is 7.94. The Morgan fingerprint density at radius 1 is 1.32 bits per heavy atom. The lowest BCUT2D eigenvalue weighted by Gasteiger charge is -2.27. The first-order valence-electron chi connectivity index (χ1n) is 8.25. The normalized spacial score (nSPS) is 15.2. The molecule has 0 spiro atoms. The Kier molecular flexibility index (Phi) is 6.43. The van der Waals surface area contributed by atoms with Gasteiger partial charge in [0.05, 0.1) is 24.7 Å². The summed E-state index contributed by atoms with van der Waals surface area (Å²) in [4.78, 5) is 18.7. The number of ether oxygens (including phenoxy) is 1. The lowest BCUT2D eigenvalue weighted by Crippen LogP contribution is -2.35. The lowest BCUT2D eigenvalue weighted by molar-refractivity contribution is -0.113. The Morgan fingerprint density at radius 3 is 2.88 bits per heavy atom. The number of carbonyl (C=O) groups excluding carboxylic acids is 1. The molecule has 8 heteroatoms. The minimum absolute atomic E-state index is 0.0281. The van der Waals surface area contributed by atoms with E-state index in [2.05, 4.69) is 26.4 Å². The molecule has 0 unspecified atom stereocenters. The van der Waals surface area contributed by atoms with Gasteiger partial charge in [0.25, 0.3) is 0 Å². The molecule has 0 saturated carbocycles. The van der Waals surface area contributed by atoms with Crippen molar-refractivity contribution in [2.24, 2.45) is 0 Å². The lowest BCUT2D eigenvalue weighted by atomic mass is 10.1. The molecule has 0 aliphatic carbocycles. The molecular weight excluding hydrogens is 340 g/mol. The van der Waals surface area contributed by atoms with Crippen molar-refractivity contribution < 1.29 is 14.1 Å². The maximum Gasteiger partial charge on any atom is 0.234 e. The fraction of sp³-hybridized carbons (Fsp3) is 0.471. The smallest absolute Gasteiger partial charge is 0.234 e. The minimum Gasteiger partial charge on any atom is -0.379 e. The predicted octanol–water partition coefficient (Wildman–Crippen LogP) is 2.08. The van der Waals surface area contributed by atoms with E-state index in [1.165, 1.54) is 11.8 Å². The number of amides is 1. The van der Waals surface area contributed by atoms with Gasteiger partial charge in [-0.3, -0.25) is 9.69 Å². The van der Waals surface area contributed by atoms with E-state index in [0.717, 1.165) is 44.1 Å². The first-order chi connectivity index (χ1) is 12.2. The maximum absolute atomic E-state index is 12.2. The second-order valence-electron chi connectivity index (χ2n) is 5.82. The molecule has 1 aliphatic heterocycles. The van der Waals surface area contributed by atoms with Gasteiger partial charge in [-0.25, -0.2) is 0 Å². The summed E-state index contributed by atoms with van der Waals surface area (Å²) in [5.41, 5.74) is 1.99. The average molecular weight is 362 g/mol. The van der Waals surface area contributed by atoms with E-state index in [0.29, 0.717) is 23.2 Å². The summed E-state index contributed by atoms with van der Waals surface area (Å²) in [5.74, 6) is 2.03. The van der Waals surface area contributed by atoms with Crippen molar-refractivity contribution >= 4 is 23.4 Å². The van der Waals surface area contributed by atoms with Gasteiger partial charge in [-0.2, -0.15) is 4.98 Å². The molecular formula is C17H22N4O3S. The standard InChI is InChI=1S/C17H22N4O3S/c1-13-18-16(20-24-13)11-25-12-17(22)19-15-5-3-2-4-14(15)10-21-6-8-23-9-7-21/h2-5H,6-12H2,1H3,(H,19,22). The summed E-state index contributed by atoms with van der Waals surface area (Å²) >= 11 is 1.46. The first kappa shape index (κ1) is 17.9. The number of thioether (sulfide) groups is 1. The monoisotopic (exact) mass is 362 g/mol. The van der Waals surface area contributed by atoms with Crippen molar-refractivity contribution in [3.63, 3.8) is 0 Å². The van der Waals surface area contributed by atoms with Gasteiger partial charge in [-0.15, -0.1) is 11.8 Å². The number of rotatable bonds is 7. The topological polar surface area (TPSA) is 80.5 Å². The zero-order valence-electron chi connectivity index (χ0n) is 14.2. The van der Waals surface area contributed by atoms with Crippen molar-refractivity contribution in [3.05, 3.63) is 41.5 Å². The van der Waals surface area contributed by atoms with Gasteiger partial charge >= 0.3 is 0 Å². The number of aryl methyl sites for hydroxylation is 1. The molecule has 1 N–H and O–H groups in total. The Balaban J connectivity index is 1.50. The zero-order valence-corrected chi connectivity index (χ0v) is 15.1. The van der Waals surface area contributed by atoms with Gasteiger partial charge in [-0.1, -0.05) is 23.4 Å². The summed E-state index contributed by atoms with van der Waals surface area (Å²) in [6.45, 7) is 5.93. The fourth-order valence-electron chi connectivity index (χ4n) is 2.60. The van der Waals surface area contributed by atoms with Crippen LogP contribution >= 0.6 is 11.8 Å². The van der Waals surface area contributed by atoms with Gasteiger partial charge < -0.3 is 14.6 Å². The number of carbonyl (C=O) groups is 1. The van der Waals surface area contributed by atoms with Crippen LogP contribution in [0.25, 0.3) is 0 Å². The van der Waals surface area contributed by atoms with E-state index in [1.807, 2.05) is 18.2 Å². The van der Waals surface area contributed by atoms with E-state index in [4.69, 9.17) is 9.26 Å². The van der Waals surface area contributed by atoms with Crippen LogP contribution in [0.4, 0.5) is 5.69 Å². The Morgan fingerprint density at radius 2 is 2.12 bits per heavy atom. The Hall–Kier alpha value is -1.90. The number of hydrogen-bond acceptors (Lipinski definition) is 7. The second kappa shape index (κ2) is 8.98. The number of aromatic nitrogens is 2. The molecule has 1 aromatic heterocycles. The van der Waals surface area contributed by atoms with Crippen LogP contribution in [0.5, 0.6) is 0 Å². The fourth-order valence-corrected chi connectivity index (χ4v) is 3.26. The highest BCUT2D eigenvalue weighted by atomic mass is 32.2. The highest BCUT2D eigenvalue weighted by Gasteiger charge is 2.14. The number of hydrogen-bond donors (Lipinski definition) is 1. The van der Waals surface area contributed by atoms with Crippen molar-refractivity contribution in [3.8, 4) is 0 Å². The van der Waals surface area contributed by atoms with Crippen molar-refractivity contribution in [1.29, 1.82) is 0 Å². The van der Waals surface area contributed by atoms with Gasteiger partial charge in [-0.05, 0) is 11.6 Å². The third-order valence-corrected chi connectivity index (χ3v) is 4.75. The third-order valence-electron chi connectivity index (χ3n) is 3.82. The summed E-state index contributed by atoms with van der Waals surface area (Å²) in [5, 5.41) is 6.83. The number of nitrogens with one attached hydrogen (secondary N) is 1. The van der Waals surface area contributed by atoms with E-state index in [-0.39, 0.29) is 5.91 Å².